The van der Waals surface area contributed by atoms with Gasteiger partial charge in [-0.3, -0.25) is 9.78 Å². The Morgan fingerprint density at radius 2 is 2.18 bits per heavy atom. The minimum absolute atomic E-state index is 0.0293. The first-order valence-electron chi connectivity index (χ1n) is 5.17. The van der Waals surface area contributed by atoms with Crippen molar-refractivity contribution in [2.45, 2.75) is 19.5 Å². The summed E-state index contributed by atoms with van der Waals surface area (Å²) in [7, 11) is 0. The predicted molar refractivity (Wildman–Crippen MR) is 56.4 cm³/mol. The molecule has 94 valence electrons. The number of nitrogens with zero attached hydrogens (tertiary/aromatic N) is 1. The number of carbonyl (C=O) groups is 1. The van der Waals surface area contributed by atoms with Gasteiger partial charge >= 0.3 is 6.18 Å². The largest absolute Gasteiger partial charge is 0.417 e. The van der Waals surface area contributed by atoms with Gasteiger partial charge in [0.25, 0.3) is 0 Å². The number of rotatable bonds is 4. The second-order valence-corrected chi connectivity index (χ2v) is 3.62. The molecule has 1 rings (SSSR count). The summed E-state index contributed by atoms with van der Waals surface area (Å²) >= 11 is 0. The van der Waals surface area contributed by atoms with Crippen LogP contribution in [0.15, 0.2) is 18.5 Å². The molecule has 0 bridgehead atoms. The van der Waals surface area contributed by atoms with Gasteiger partial charge in [0, 0.05) is 30.4 Å². The number of nitrogens with two attached hydrogens (primary N) is 1. The number of halogens is 3. The Morgan fingerprint density at radius 3 is 2.65 bits per heavy atom. The number of carbonyl (C=O) groups excluding carboxylic acids is 1. The van der Waals surface area contributed by atoms with Crippen LogP contribution in [0.5, 0.6) is 0 Å². The summed E-state index contributed by atoms with van der Waals surface area (Å²) in [5.74, 6) is -1.20. The minimum Gasteiger partial charge on any atom is -0.330 e. The van der Waals surface area contributed by atoms with Gasteiger partial charge < -0.3 is 5.73 Å². The van der Waals surface area contributed by atoms with Crippen LogP contribution in [-0.4, -0.2) is 17.3 Å². The van der Waals surface area contributed by atoms with Crippen molar-refractivity contribution in [3.63, 3.8) is 0 Å². The molecule has 0 aliphatic rings. The molecule has 0 fully saturated rings. The molecular weight excluding hydrogens is 233 g/mol. The van der Waals surface area contributed by atoms with Gasteiger partial charge in [-0.25, -0.2) is 0 Å². The topological polar surface area (TPSA) is 56.0 Å². The minimum atomic E-state index is -4.55. The van der Waals surface area contributed by atoms with Gasteiger partial charge in [-0.1, -0.05) is 6.92 Å². The fraction of sp³-hybridized carbons (Fsp3) is 0.455. The lowest BCUT2D eigenvalue weighted by Crippen LogP contribution is -2.25. The van der Waals surface area contributed by atoms with Crippen LogP contribution in [-0.2, 0) is 6.18 Å². The molecule has 0 aliphatic carbocycles. The van der Waals surface area contributed by atoms with E-state index in [9.17, 15) is 18.0 Å². The van der Waals surface area contributed by atoms with E-state index in [1.165, 1.54) is 0 Å². The van der Waals surface area contributed by atoms with E-state index < -0.39 is 29.0 Å². The summed E-state index contributed by atoms with van der Waals surface area (Å²) in [5.41, 5.74) is 4.00. The van der Waals surface area contributed by atoms with Crippen molar-refractivity contribution < 1.29 is 18.0 Å². The first-order valence-corrected chi connectivity index (χ1v) is 5.17. The first-order chi connectivity index (χ1) is 7.91. The molecule has 3 nitrogen and oxygen atoms in total. The smallest absolute Gasteiger partial charge is 0.330 e. The number of ketones is 1. The maximum Gasteiger partial charge on any atom is 0.417 e. The van der Waals surface area contributed by atoms with Crippen LogP contribution in [0.3, 0.4) is 0 Å². The van der Waals surface area contributed by atoms with Crippen LogP contribution >= 0.6 is 0 Å². The second kappa shape index (κ2) is 5.27. The van der Waals surface area contributed by atoms with E-state index in [1.54, 1.807) is 6.92 Å². The zero-order valence-corrected chi connectivity index (χ0v) is 9.29. The molecule has 1 aromatic rings. The van der Waals surface area contributed by atoms with Crippen LogP contribution in [0.1, 0.15) is 29.3 Å². The SMILES string of the molecule is CCC(CN)C(=O)c1cnccc1C(F)(F)F. The molecular formula is C11H13F3N2O. The molecule has 1 aromatic heterocycles. The summed E-state index contributed by atoms with van der Waals surface area (Å²) < 4.78 is 38.0. The molecule has 1 heterocycles. The number of alkyl halides is 3. The highest BCUT2D eigenvalue weighted by molar-refractivity contribution is 5.99. The van der Waals surface area contributed by atoms with Crippen molar-refractivity contribution in [3.8, 4) is 0 Å². The summed E-state index contributed by atoms with van der Waals surface area (Å²) in [6, 6.07) is 0.802. The van der Waals surface area contributed by atoms with Crippen LogP contribution in [0.4, 0.5) is 13.2 Å². The van der Waals surface area contributed by atoms with Gasteiger partial charge in [-0.05, 0) is 12.5 Å². The fourth-order valence-electron chi connectivity index (χ4n) is 1.52. The number of hydrogen-bond donors (Lipinski definition) is 1. The van der Waals surface area contributed by atoms with Crippen molar-refractivity contribution in [2.75, 3.05) is 6.54 Å². The molecule has 2 N–H and O–H groups in total. The Kier molecular flexibility index (Phi) is 4.22. The summed E-state index contributed by atoms with van der Waals surface area (Å²) in [5, 5.41) is 0. The lowest BCUT2D eigenvalue weighted by atomic mass is 9.93. The lowest BCUT2D eigenvalue weighted by molar-refractivity contribution is -0.138. The van der Waals surface area contributed by atoms with E-state index in [-0.39, 0.29) is 6.54 Å². The van der Waals surface area contributed by atoms with Gasteiger partial charge in [0.15, 0.2) is 5.78 Å². The number of pyridine rings is 1. The number of aromatic nitrogens is 1. The Labute approximate surface area is 96.8 Å². The van der Waals surface area contributed by atoms with Crippen molar-refractivity contribution in [1.29, 1.82) is 0 Å². The van der Waals surface area contributed by atoms with E-state index in [0.717, 1.165) is 18.5 Å². The third kappa shape index (κ3) is 3.03. The van der Waals surface area contributed by atoms with Crippen LogP contribution in [0, 0.1) is 5.92 Å². The van der Waals surface area contributed by atoms with Crippen molar-refractivity contribution in [2.24, 2.45) is 11.7 Å². The molecule has 0 amide bonds. The maximum atomic E-state index is 12.7. The molecule has 17 heavy (non-hydrogen) atoms. The first kappa shape index (κ1) is 13.6. The van der Waals surface area contributed by atoms with E-state index in [4.69, 9.17) is 5.73 Å². The monoisotopic (exact) mass is 246 g/mol. The lowest BCUT2D eigenvalue weighted by Gasteiger charge is -2.15. The number of hydrogen-bond acceptors (Lipinski definition) is 3. The summed E-state index contributed by atoms with van der Waals surface area (Å²) in [4.78, 5) is 15.4. The molecule has 0 aliphatic heterocycles. The third-order valence-electron chi connectivity index (χ3n) is 2.54. The normalized spacial score (nSPS) is 13.5. The molecule has 1 unspecified atom stereocenters. The summed E-state index contributed by atoms with van der Waals surface area (Å²) in [6.45, 7) is 1.74. The Morgan fingerprint density at radius 1 is 1.53 bits per heavy atom. The quantitative estimate of drug-likeness (QED) is 0.829. The van der Waals surface area contributed by atoms with Gasteiger partial charge in [0.05, 0.1) is 5.56 Å². The molecule has 0 radical (unpaired) electrons. The summed E-state index contributed by atoms with van der Waals surface area (Å²) in [6.07, 6.45) is -2.19. The highest BCUT2D eigenvalue weighted by Crippen LogP contribution is 2.32. The fourth-order valence-corrected chi connectivity index (χ4v) is 1.52. The highest BCUT2D eigenvalue weighted by atomic mass is 19.4. The van der Waals surface area contributed by atoms with Crippen LogP contribution in [0.2, 0.25) is 0 Å². The zero-order valence-electron chi connectivity index (χ0n) is 9.29. The van der Waals surface area contributed by atoms with Crippen molar-refractivity contribution >= 4 is 5.78 Å². The van der Waals surface area contributed by atoms with Crippen LogP contribution < -0.4 is 5.73 Å². The zero-order chi connectivity index (χ0) is 13.1. The molecule has 0 aromatic carbocycles. The molecule has 1 atom stereocenters. The standard InChI is InChI=1S/C11H13F3N2O/c1-2-7(5-15)10(17)8-6-16-4-3-9(8)11(12,13)14/h3-4,6-7H,2,5,15H2,1H3. The molecule has 0 spiro atoms. The second-order valence-electron chi connectivity index (χ2n) is 3.62. The van der Waals surface area contributed by atoms with E-state index >= 15 is 0 Å². The molecule has 6 heteroatoms. The Balaban J connectivity index is 3.18. The van der Waals surface area contributed by atoms with Gasteiger partial charge in [-0.2, -0.15) is 13.2 Å². The van der Waals surface area contributed by atoms with E-state index in [2.05, 4.69) is 4.98 Å². The average Bonchev–Trinajstić information content (AvgIpc) is 2.29. The Bertz CT molecular complexity index is 400. The van der Waals surface area contributed by atoms with Gasteiger partial charge in [0.2, 0.25) is 0 Å². The Hall–Kier alpha value is -1.43. The van der Waals surface area contributed by atoms with E-state index in [0.29, 0.717) is 6.42 Å². The van der Waals surface area contributed by atoms with Crippen molar-refractivity contribution in [3.05, 3.63) is 29.6 Å². The van der Waals surface area contributed by atoms with Crippen molar-refractivity contribution in [1.82, 2.24) is 4.98 Å². The molecule has 0 saturated carbocycles. The van der Waals surface area contributed by atoms with Gasteiger partial charge in [-0.15, -0.1) is 0 Å². The predicted octanol–water partition coefficient (Wildman–Crippen LogP) is 2.27. The van der Waals surface area contributed by atoms with E-state index in [1.807, 2.05) is 0 Å². The third-order valence-corrected chi connectivity index (χ3v) is 2.54. The van der Waals surface area contributed by atoms with Gasteiger partial charge in [0.1, 0.15) is 0 Å². The maximum absolute atomic E-state index is 12.7. The average molecular weight is 246 g/mol. The number of Topliss-reactive ketones (excluding diaryl/α,β-unsaturated/α-hetero) is 1. The molecule has 0 saturated heterocycles. The highest BCUT2D eigenvalue weighted by Gasteiger charge is 2.36. The van der Waals surface area contributed by atoms with Crippen LogP contribution in [0.25, 0.3) is 0 Å².